The predicted octanol–water partition coefficient (Wildman–Crippen LogP) is 6.47. The lowest BCUT2D eigenvalue weighted by atomic mass is 10.0. The molecule has 30 heavy (non-hydrogen) atoms. The molecule has 3 nitrogen and oxygen atoms in total. The molecule has 0 atom stereocenters. The van der Waals surface area contributed by atoms with Crippen LogP contribution in [0.1, 0.15) is 31.9 Å². The number of nitrogens with zero attached hydrogens (tertiary/aromatic N) is 1. The quantitative estimate of drug-likeness (QED) is 0.407. The van der Waals surface area contributed by atoms with Gasteiger partial charge in [-0.25, -0.2) is 4.98 Å². The Bertz CT molecular complexity index is 1200. The summed E-state index contributed by atoms with van der Waals surface area (Å²) in [7, 11) is 0. The standard InChI is InChI=1S/C23H17F3N2OS/c1-14-6-8-15(9-7-14)12-18-17-4-2-3-5-19(17)30-21(18)22(29)28-20-11-10-16(13-27-20)23(24,25)26/h2-11,13H,12H2,1H3,(H,27,28,29). The van der Waals surface area contributed by atoms with E-state index in [1.807, 2.05) is 55.5 Å². The first-order valence-corrected chi connectivity index (χ1v) is 10.0. The minimum atomic E-state index is -4.47. The van der Waals surface area contributed by atoms with Gasteiger partial charge in [-0.3, -0.25) is 4.79 Å². The molecule has 0 aliphatic rings. The molecule has 4 aromatic rings. The lowest BCUT2D eigenvalue weighted by Crippen LogP contribution is -2.14. The molecule has 0 unspecified atom stereocenters. The molecular weight excluding hydrogens is 409 g/mol. The average molecular weight is 426 g/mol. The summed E-state index contributed by atoms with van der Waals surface area (Å²) in [5.41, 5.74) is 2.26. The molecule has 7 heteroatoms. The minimum Gasteiger partial charge on any atom is -0.306 e. The minimum absolute atomic E-state index is 0.0757. The molecular formula is C23H17F3N2OS. The molecule has 0 saturated heterocycles. The summed E-state index contributed by atoms with van der Waals surface area (Å²) >= 11 is 1.36. The largest absolute Gasteiger partial charge is 0.417 e. The Balaban J connectivity index is 1.65. The van der Waals surface area contributed by atoms with E-state index in [1.54, 1.807) is 0 Å². The number of halogens is 3. The third-order valence-electron chi connectivity index (χ3n) is 4.74. The fraction of sp³-hybridized carbons (Fsp3) is 0.130. The first-order chi connectivity index (χ1) is 14.3. The van der Waals surface area contributed by atoms with E-state index in [4.69, 9.17) is 0 Å². The van der Waals surface area contributed by atoms with Gasteiger partial charge < -0.3 is 5.32 Å². The zero-order valence-electron chi connectivity index (χ0n) is 16.0. The summed E-state index contributed by atoms with van der Waals surface area (Å²) in [5, 5.41) is 3.62. The number of nitrogens with one attached hydrogen (secondary N) is 1. The zero-order valence-corrected chi connectivity index (χ0v) is 16.8. The maximum atomic E-state index is 13.0. The number of thiophene rings is 1. The predicted molar refractivity (Wildman–Crippen MR) is 113 cm³/mol. The third kappa shape index (κ3) is 4.21. The first-order valence-electron chi connectivity index (χ1n) is 9.22. The molecule has 0 aliphatic carbocycles. The summed E-state index contributed by atoms with van der Waals surface area (Å²) in [4.78, 5) is 17.2. The van der Waals surface area contributed by atoms with Crippen molar-refractivity contribution in [2.75, 3.05) is 5.32 Å². The van der Waals surface area contributed by atoms with E-state index in [2.05, 4.69) is 10.3 Å². The Morgan fingerprint density at radius 3 is 2.43 bits per heavy atom. The van der Waals surface area contributed by atoms with Crippen molar-refractivity contribution in [3.05, 3.63) is 94.0 Å². The van der Waals surface area contributed by atoms with Crippen LogP contribution in [0.3, 0.4) is 0 Å². The lowest BCUT2D eigenvalue weighted by molar-refractivity contribution is -0.137. The highest BCUT2D eigenvalue weighted by molar-refractivity contribution is 7.21. The molecule has 0 spiro atoms. The molecule has 0 fully saturated rings. The Morgan fingerprint density at radius 2 is 1.77 bits per heavy atom. The average Bonchev–Trinajstić information content (AvgIpc) is 3.08. The van der Waals surface area contributed by atoms with Gasteiger partial charge >= 0.3 is 6.18 Å². The number of hydrogen-bond acceptors (Lipinski definition) is 3. The van der Waals surface area contributed by atoms with Gasteiger partial charge in [-0.15, -0.1) is 11.3 Å². The molecule has 152 valence electrons. The third-order valence-corrected chi connectivity index (χ3v) is 5.95. The van der Waals surface area contributed by atoms with Crippen LogP contribution in [0.25, 0.3) is 10.1 Å². The van der Waals surface area contributed by atoms with Crippen LogP contribution in [-0.2, 0) is 12.6 Å². The summed E-state index contributed by atoms with van der Waals surface area (Å²) in [5.74, 6) is -0.308. The highest BCUT2D eigenvalue weighted by atomic mass is 32.1. The topological polar surface area (TPSA) is 42.0 Å². The highest BCUT2D eigenvalue weighted by Crippen LogP contribution is 2.34. The van der Waals surface area contributed by atoms with Gasteiger partial charge in [0.15, 0.2) is 0 Å². The van der Waals surface area contributed by atoms with Crippen molar-refractivity contribution in [1.82, 2.24) is 4.98 Å². The molecule has 0 radical (unpaired) electrons. The van der Waals surface area contributed by atoms with Crippen LogP contribution in [0.15, 0.2) is 66.9 Å². The van der Waals surface area contributed by atoms with Crippen LogP contribution in [-0.4, -0.2) is 10.9 Å². The van der Waals surface area contributed by atoms with Crippen molar-refractivity contribution in [3.8, 4) is 0 Å². The van der Waals surface area contributed by atoms with Gasteiger partial charge in [0.1, 0.15) is 5.82 Å². The van der Waals surface area contributed by atoms with Crippen LogP contribution < -0.4 is 5.32 Å². The van der Waals surface area contributed by atoms with E-state index in [0.29, 0.717) is 17.5 Å². The van der Waals surface area contributed by atoms with E-state index in [-0.39, 0.29) is 11.7 Å². The van der Waals surface area contributed by atoms with Gasteiger partial charge in [-0.05, 0) is 48.1 Å². The molecule has 0 saturated carbocycles. The number of alkyl halides is 3. The summed E-state index contributed by atoms with van der Waals surface area (Å²) in [6.45, 7) is 2.01. The summed E-state index contributed by atoms with van der Waals surface area (Å²) in [6.07, 6.45) is -3.18. The van der Waals surface area contributed by atoms with Crippen LogP contribution in [0, 0.1) is 6.92 Å². The van der Waals surface area contributed by atoms with Crippen molar-refractivity contribution in [2.24, 2.45) is 0 Å². The number of benzene rings is 2. The Kier molecular flexibility index (Phi) is 5.30. The molecule has 0 bridgehead atoms. The fourth-order valence-electron chi connectivity index (χ4n) is 3.18. The number of anilines is 1. The highest BCUT2D eigenvalue weighted by Gasteiger charge is 2.30. The van der Waals surface area contributed by atoms with Crippen LogP contribution in [0.2, 0.25) is 0 Å². The molecule has 2 heterocycles. The van der Waals surface area contributed by atoms with Gasteiger partial charge in [0, 0.05) is 10.9 Å². The number of aromatic nitrogens is 1. The SMILES string of the molecule is Cc1ccc(Cc2c(C(=O)Nc3ccc(C(F)(F)F)cn3)sc3ccccc23)cc1. The Morgan fingerprint density at radius 1 is 1.03 bits per heavy atom. The van der Waals surface area contributed by atoms with Crippen LogP contribution in [0.4, 0.5) is 19.0 Å². The number of hydrogen-bond donors (Lipinski definition) is 1. The monoisotopic (exact) mass is 426 g/mol. The van der Waals surface area contributed by atoms with Gasteiger partial charge in [0.25, 0.3) is 5.91 Å². The summed E-state index contributed by atoms with van der Waals surface area (Å²) < 4.78 is 39.2. The molecule has 4 rings (SSSR count). The van der Waals surface area contributed by atoms with Crippen LogP contribution in [0.5, 0.6) is 0 Å². The van der Waals surface area contributed by atoms with Crippen molar-refractivity contribution >= 4 is 33.1 Å². The van der Waals surface area contributed by atoms with Crippen molar-refractivity contribution in [3.63, 3.8) is 0 Å². The number of carbonyl (C=O) groups excluding carboxylic acids is 1. The number of fused-ring (bicyclic) bond motifs is 1. The van der Waals surface area contributed by atoms with Crippen molar-refractivity contribution in [1.29, 1.82) is 0 Å². The molecule has 1 amide bonds. The van der Waals surface area contributed by atoms with Crippen molar-refractivity contribution in [2.45, 2.75) is 19.5 Å². The normalized spacial score (nSPS) is 11.6. The lowest BCUT2D eigenvalue weighted by Gasteiger charge is -2.09. The number of pyridine rings is 1. The Labute approximate surface area is 175 Å². The number of aryl methyl sites for hydroxylation is 1. The van der Waals surface area contributed by atoms with Gasteiger partial charge in [0.05, 0.1) is 10.4 Å². The first kappa shape index (κ1) is 20.1. The molecule has 2 aromatic heterocycles. The smallest absolute Gasteiger partial charge is 0.306 e. The van der Waals surface area contributed by atoms with E-state index in [0.717, 1.165) is 38.9 Å². The van der Waals surface area contributed by atoms with E-state index in [9.17, 15) is 18.0 Å². The second-order valence-corrected chi connectivity index (χ2v) is 8.00. The number of rotatable bonds is 4. The zero-order chi connectivity index (χ0) is 21.3. The second kappa shape index (κ2) is 7.91. The van der Waals surface area contributed by atoms with E-state index < -0.39 is 11.7 Å². The van der Waals surface area contributed by atoms with E-state index >= 15 is 0 Å². The maximum Gasteiger partial charge on any atom is 0.417 e. The fourth-order valence-corrected chi connectivity index (χ4v) is 4.29. The summed E-state index contributed by atoms with van der Waals surface area (Å²) in [6, 6.07) is 17.9. The van der Waals surface area contributed by atoms with Gasteiger partial charge in [-0.2, -0.15) is 13.2 Å². The van der Waals surface area contributed by atoms with Crippen molar-refractivity contribution < 1.29 is 18.0 Å². The molecule has 2 aromatic carbocycles. The van der Waals surface area contributed by atoms with E-state index in [1.165, 1.54) is 11.3 Å². The van der Waals surface area contributed by atoms with Crippen LogP contribution >= 0.6 is 11.3 Å². The molecule has 0 aliphatic heterocycles. The second-order valence-electron chi connectivity index (χ2n) is 6.95. The Hall–Kier alpha value is -3.19. The number of amides is 1. The maximum absolute atomic E-state index is 13.0. The molecule has 1 N–H and O–H groups in total. The van der Waals surface area contributed by atoms with Gasteiger partial charge in [0.2, 0.25) is 0 Å². The van der Waals surface area contributed by atoms with Gasteiger partial charge in [-0.1, -0.05) is 48.0 Å². The number of carbonyl (C=O) groups is 1.